The van der Waals surface area contributed by atoms with Gasteiger partial charge in [-0.3, -0.25) is 0 Å². The van der Waals surface area contributed by atoms with Crippen LogP contribution in [0.5, 0.6) is 23.0 Å². The SMILES string of the molecule is Cc1cc2c(O)c(c1)Cc1cc(C)cc(c1O)Cc1cc(CCc3ccccc3)cc(c1O)Cc1cc(C)cc(c1O)C2. The summed E-state index contributed by atoms with van der Waals surface area (Å²) in [7, 11) is 0. The van der Waals surface area contributed by atoms with Crippen molar-refractivity contribution in [2.75, 3.05) is 0 Å². The van der Waals surface area contributed by atoms with E-state index in [4.69, 9.17) is 0 Å². The zero-order valence-corrected chi connectivity index (χ0v) is 25.0. The first kappa shape index (κ1) is 28.4. The topological polar surface area (TPSA) is 80.9 Å². The maximum atomic E-state index is 11.6. The monoisotopic (exact) mass is 570 g/mol. The standard InChI is InChI=1S/C39H38O4/c1-23-11-28-19-30-13-24(2)15-32(37(30)41)21-34-17-27(10-9-26-7-5-4-6-8-26)18-35(39(34)43)22-33-16-25(3)14-31(38(33)42)20-29(12-23)36(28)40/h4-8,11-18,40-43H,9-10,19-22H2,1-3H3. The van der Waals surface area contributed by atoms with Crippen molar-refractivity contribution < 1.29 is 20.4 Å². The van der Waals surface area contributed by atoms with Gasteiger partial charge in [0.2, 0.25) is 0 Å². The number of phenolic OH excluding ortho intramolecular Hbond substituents is 4. The van der Waals surface area contributed by atoms with Crippen molar-refractivity contribution in [3.05, 3.63) is 151 Å². The molecule has 0 fully saturated rings. The second-order valence-electron chi connectivity index (χ2n) is 12.3. The molecule has 0 unspecified atom stereocenters. The molecule has 8 bridgehead atoms. The summed E-state index contributed by atoms with van der Waals surface area (Å²) in [4.78, 5) is 0. The van der Waals surface area contributed by atoms with Crippen molar-refractivity contribution in [3.63, 3.8) is 0 Å². The van der Waals surface area contributed by atoms with Crippen molar-refractivity contribution in [1.82, 2.24) is 0 Å². The summed E-state index contributed by atoms with van der Waals surface area (Å²) in [6.45, 7) is 6.01. The summed E-state index contributed by atoms with van der Waals surface area (Å²) < 4.78 is 0. The number of fused-ring (bicyclic) bond motifs is 8. The van der Waals surface area contributed by atoms with Gasteiger partial charge < -0.3 is 20.4 Å². The second-order valence-corrected chi connectivity index (χ2v) is 12.3. The van der Waals surface area contributed by atoms with Crippen molar-refractivity contribution in [2.24, 2.45) is 0 Å². The van der Waals surface area contributed by atoms with Crippen LogP contribution in [-0.4, -0.2) is 20.4 Å². The van der Waals surface area contributed by atoms with E-state index in [2.05, 4.69) is 12.1 Å². The summed E-state index contributed by atoms with van der Waals surface area (Å²) in [5.74, 6) is 0.760. The van der Waals surface area contributed by atoms with E-state index >= 15 is 0 Å². The van der Waals surface area contributed by atoms with Gasteiger partial charge in [0.25, 0.3) is 0 Å². The van der Waals surface area contributed by atoms with E-state index in [-0.39, 0.29) is 23.0 Å². The highest BCUT2D eigenvalue weighted by Gasteiger charge is 2.20. The number of rotatable bonds is 3. The average Bonchev–Trinajstić information content (AvgIpc) is 2.97. The van der Waals surface area contributed by atoms with Gasteiger partial charge in [-0.05, 0) is 89.2 Å². The van der Waals surface area contributed by atoms with E-state index in [0.717, 1.165) is 79.6 Å². The van der Waals surface area contributed by atoms with Gasteiger partial charge in [-0.25, -0.2) is 0 Å². The highest BCUT2D eigenvalue weighted by Crippen LogP contribution is 2.39. The lowest BCUT2D eigenvalue weighted by Gasteiger charge is -2.19. The van der Waals surface area contributed by atoms with Gasteiger partial charge in [-0.15, -0.1) is 0 Å². The lowest BCUT2D eigenvalue weighted by Crippen LogP contribution is -2.03. The maximum absolute atomic E-state index is 11.6. The largest absolute Gasteiger partial charge is 0.507 e. The van der Waals surface area contributed by atoms with Crippen LogP contribution >= 0.6 is 0 Å². The minimum Gasteiger partial charge on any atom is -0.507 e. The number of aryl methyl sites for hydroxylation is 5. The second kappa shape index (κ2) is 11.5. The summed E-state index contributed by atoms with van der Waals surface area (Å²) in [6, 6.07) is 26.2. The van der Waals surface area contributed by atoms with Gasteiger partial charge >= 0.3 is 0 Å². The third kappa shape index (κ3) is 5.96. The summed E-state index contributed by atoms with van der Waals surface area (Å²) >= 11 is 0. The van der Waals surface area contributed by atoms with E-state index in [1.165, 1.54) is 5.56 Å². The molecule has 4 nitrogen and oxygen atoms in total. The number of aromatic hydroxyl groups is 4. The van der Waals surface area contributed by atoms with E-state index in [0.29, 0.717) is 25.7 Å². The molecule has 0 radical (unpaired) electrons. The van der Waals surface area contributed by atoms with Crippen LogP contribution in [0.1, 0.15) is 72.3 Å². The first-order valence-electron chi connectivity index (χ1n) is 15.0. The molecule has 0 amide bonds. The Kier molecular flexibility index (Phi) is 7.62. The molecule has 0 saturated carbocycles. The van der Waals surface area contributed by atoms with Gasteiger partial charge in [0.1, 0.15) is 23.0 Å². The molecule has 6 rings (SSSR count). The zero-order chi connectivity index (χ0) is 30.2. The van der Waals surface area contributed by atoms with E-state index < -0.39 is 0 Å². The Balaban J connectivity index is 1.53. The molecule has 5 aromatic carbocycles. The van der Waals surface area contributed by atoms with Gasteiger partial charge in [-0.2, -0.15) is 0 Å². The first-order chi connectivity index (χ1) is 20.6. The quantitative estimate of drug-likeness (QED) is 0.174. The van der Waals surface area contributed by atoms with Gasteiger partial charge in [0.05, 0.1) is 0 Å². The maximum Gasteiger partial charge on any atom is 0.122 e. The Hall–Kier alpha value is -4.70. The lowest BCUT2D eigenvalue weighted by atomic mass is 9.88. The zero-order valence-electron chi connectivity index (χ0n) is 25.0. The summed E-state index contributed by atoms with van der Waals surface area (Å²) in [5.41, 5.74) is 11.2. The van der Waals surface area contributed by atoms with Gasteiger partial charge in [-0.1, -0.05) is 95.6 Å². The van der Waals surface area contributed by atoms with Crippen LogP contribution in [-0.2, 0) is 38.5 Å². The minimum absolute atomic E-state index is 0.188. The molecule has 0 aromatic heterocycles. The molecule has 1 aliphatic carbocycles. The van der Waals surface area contributed by atoms with E-state index in [1.807, 2.05) is 87.5 Å². The molecule has 0 atom stereocenters. The Labute approximate surface area is 253 Å². The fourth-order valence-electron chi connectivity index (χ4n) is 6.61. The molecule has 4 N–H and O–H groups in total. The Bertz CT molecular complexity index is 1730. The number of phenols is 4. The van der Waals surface area contributed by atoms with Crippen LogP contribution < -0.4 is 0 Å². The fraction of sp³-hybridized carbons (Fsp3) is 0.231. The molecule has 218 valence electrons. The Morgan fingerprint density at radius 1 is 0.395 bits per heavy atom. The molecule has 43 heavy (non-hydrogen) atoms. The van der Waals surface area contributed by atoms with Gasteiger partial charge in [0, 0.05) is 25.7 Å². The Morgan fingerprint density at radius 3 is 1.00 bits per heavy atom. The van der Waals surface area contributed by atoms with Crippen LogP contribution in [0.2, 0.25) is 0 Å². The van der Waals surface area contributed by atoms with Gasteiger partial charge in [0.15, 0.2) is 0 Å². The third-order valence-electron chi connectivity index (χ3n) is 8.63. The van der Waals surface area contributed by atoms with Crippen LogP contribution in [0.15, 0.2) is 78.9 Å². The first-order valence-corrected chi connectivity index (χ1v) is 15.0. The number of hydrogen-bond donors (Lipinski definition) is 4. The molecule has 4 heteroatoms. The summed E-state index contributed by atoms with van der Waals surface area (Å²) in [6.07, 6.45) is 3.10. The van der Waals surface area contributed by atoms with Crippen LogP contribution in [0.4, 0.5) is 0 Å². The molecule has 0 saturated heterocycles. The highest BCUT2D eigenvalue weighted by atomic mass is 16.3. The molecular weight excluding hydrogens is 532 g/mol. The lowest BCUT2D eigenvalue weighted by molar-refractivity contribution is 0.450. The van der Waals surface area contributed by atoms with Crippen molar-refractivity contribution >= 4 is 0 Å². The summed E-state index contributed by atoms with van der Waals surface area (Å²) in [5, 5.41) is 46.0. The molecule has 0 aliphatic heterocycles. The fourth-order valence-corrected chi connectivity index (χ4v) is 6.61. The third-order valence-corrected chi connectivity index (χ3v) is 8.63. The average molecular weight is 571 g/mol. The van der Waals surface area contributed by atoms with Crippen molar-refractivity contribution in [2.45, 2.75) is 59.3 Å². The molecular formula is C39H38O4. The van der Waals surface area contributed by atoms with Crippen molar-refractivity contribution in [3.8, 4) is 23.0 Å². The Morgan fingerprint density at radius 2 is 0.674 bits per heavy atom. The number of hydrogen-bond acceptors (Lipinski definition) is 4. The van der Waals surface area contributed by atoms with Crippen LogP contribution in [0, 0.1) is 20.8 Å². The highest BCUT2D eigenvalue weighted by molar-refractivity contribution is 5.57. The van der Waals surface area contributed by atoms with Crippen molar-refractivity contribution in [1.29, 1.82) is 0 Å². The molecule has 0 heterocycles. The minimum atomic E-state index is 0.188. The van der Waals surface area contributed by atoms with Crippen LogP contribution in [0.3, 0.4) is 0 Å². The predicted octanol–water partition coefficient (Wildman–Crippen LogP) is 7.90. The molecule has 0 spiro atoms. The smallest absolute Gasteiger partial charge is 0.122 e. The van der Waals surface area contributed by atoms with Crippen LogP contribution in [0.25, 0.3) is 0 Å². The normalized spacial score (nSPS) is 12.7. The molecule has 1 aliphatic rings. The van der Waals surface area contributed by atoms with E-state index in [9.17, 15) is 20.4 Å². The number of benzene rings is 5. The molecule has 5 aromatic rings. The predicted molar refractivity (Wildman–Crippen MR) is 172 cm³/mol. The van der Waals surface area contributed by atoms with E-state index in [1.54, 1.807) is 0 Å².